The topological polar surface area (TPSA) is 65.6 Å². The van der Waals surface area contributed by atoms with Crippen LogP contribution in [0.5, 0.6) is 0 Å². The molecule has 0 radical (unpaired) electrons. The van der Waals surface area contributed by atoms with E-state index in [-0.39, 0.29) is 12.3 Å². The summed E-state index contributed by atoms with van der Waals surface area (Å²) in [5.41, 5.74) is 2.10. The number of hydrogen-bond acceptors (Lipinski definition) is 4. The number of carbonyl (C=O) groups excluding carboxylic acids is 2. The molecule has 23 heavy (non-hydrogen) atoms. The highest BCUT2D eigenvalue weighted by Crippen LogP contribution is 2.15. The SMILES string of the molecule is COC(=O)/N=c1/n(C)c2ccccc2n1CC(=O)c1cccs1. The zero-order chi connectivity index (χ0) is 16.4. The summed E-state index contributed by atoms with van der Waals surface area (Å²) in [5, 5.41) is 1.86. The molecule has 0 aliphatic heterocycles. The Morgan fingerprint density at radius 3 is 2.57 bits per heavy atom. The van der Waals surface area contributed by atoms with E-state index in [0.29, 0.717) is 10.5 Å². The molecule has 0 fully saturated rings. The van der Waals surface area contributed by atoms with E-state index in [9.17, 15) is 9.59 Å². The van der Waals surface area contributed by atoms with Crippen LogP contribution in [0, 0.1) is 0 Å². The first-order valence-corrected chi connectivity index (χ1v) is 7.83. The Morgan fingerprint density at radius 2 is 1.91 bits per heavy atom. The first kappa shape index (κ1) is 15.2. The molecule has 0 saturated heterocycles. The van der Waals surface area contributed by atoms with Gasteiger partial charge in [0.05, 0.1) is 29.6 Å². The maximum absolute atomic E-state index is 12.5. The van der Waals surface area contributed by atoms with Crippen molar-refractivity contribution in [1.82, 2.24) is 9.13 Å². The average Bonchev–Trinajstić information content (AvgIpc) is 3.18. The molecule has 0 saturated carbocycles. The highest BCUT2D eigenvalue weighted by molar-refractivity contribution is 7.12. The Labute approximate surface area is 136 Å². The van der Waals surface area contributed by atoms with Crippen LogP contribution >= 0.6 is 11.3 Å². The normalized spacial score (nSPS) is 11.8. The molecule has 0 atom stereocenters. The summed E-state index contributed by atoms with van der Waals surface area (Å²) < 4.78 is 8.12. The molecule has 0 bridgehead atoms. The molecule has 1 aromatic carbocycles. The van der Waals surface area contributed by atoms with E-state index in [0.717, 1.165) is 11.0 Å². The van der Waals surface area contributed by atoms with Gasteiger partial charge in [-0.05, 0) is 23.6 Å². The summed E-state index contributed by atoms with van der Waals surface area (Å²) in [6.07, 6.45) is -0.701. The Morgan fingerprint density at radius 1 is 1.17 bits per heavy atom. The molecule has 3 rings (SSSR count). The lowest BCUT2D eigenvalue weighted by Gasteiger charge is -2.03. The van der Waals surface area contributed by atoms with Gasteiger partial charge in [-0.15, -0.1) is 16.3 Å². The van der Waals surface area contributed by atoms with Crippen molar-refractivity contribution in [3.63, 3.8) is 0 Å². The number of ketones is 1. The van der Waals surface area contributed by atoms with Gasteiger partial charge in [0.15, 0.2) is 5.78 Å². The van der Waals surface area contributed by atoms with Crippen molar-refractivity contribution < 1.29 is 14.3 Å². The third-order valence-electron chi connectivity index (χ3n) is 3.54. The van der Waals surface area contributed by atoms with Crippen LogP contribution in [0.3, 0.4) is 0 Å². The van der Waals surface area contributed by atoms with Crippen LogP contribution in [-0.4, -0.2) is 28.1 Å². The monoisotopic (exact) mass is 329 g/mol. The number of Topliss-reactive ketones (excluding diaryl/α,β-unsaturated/α-hetero) is 1. The Hall–Kier alpha value is -2.67. The van der Waals surface area contributed by atoms with Crippen LogP contribution in [0.4, 0.5) is 4.79 Å². The number of methoxy groups -OCH3 is 1. The number of imidazole rings is 1. The van der Waals surface area contributed by atoms with Crippen LogP contribution in [0.2, 0.25) is 0 Å². The molecule has 6 nitrogen and oxygen atoms in total. The quantitative estimate of drug-likeness (QED) is 0.694. The third-order valence-corrected chi connectivity index (χ3v) is 4.45. The molecule has 1 amide bonds. The number of amides is 1. The average molecular weight is 329 g/mol. The zero-order valence-electron chi connectivity index (χ0n) is 12.7. The predicted octanol–water partition coefficient (Wildman–Crippen LogP) is 2.59. The number of aromatic nitrogens is 2. The number of fused-ring (bicyclic) bond motifs is 1. The Balaban J connectivity index is 2.17. The van der Waals surface area contributed by atoms with Gasteiger partial charge in [-0.2, -0.15) is 0 Å². The molecular formula is C16H15N3O3S. The molecule has 118 valence electrons. The van der Waals surface area contributed by atoms with Crippen molar-refractivity contribution in [2.75, 3.05) is 7.11 Å². The molecule has 3 aromatic rings. The van der Waals surface area contributed by atoms with Crippen molar-refractivity contribution in [2.45, 2.75) is 6.54 Å². The first-order valence-electron chi connectivity index (χ1n) is 6.95. The van der Waals surface area contributed by atoms with Gasteiger partial charge in [0.25, 0.3) is 0 Å². The standard InChI is InChI=1S/C16H15N3O3S/c1-18-11-6-3-4-7-12(11)19(15(18)17-16(21)22-2)10-13(20)14-8-5-9-23-14/h3-9H,10H2,1-2H3/b17-15-. The third kappa shape index (κ3) is 2.83. The van der Waals surface area contributed by atoms with Gasteiger partial charge in [0.2, 0.25) is 5.62 Å². The van der Waals surface area contributed by atoms with E-state index < -0.39 is 6.09 Å². The largest absolute Gasteiger partial charge is 0.451 e. The molecule has 0 unspecified atom stereocenters. The summed E-state index contributed by atoms with van der Waals surface area (Å²) in [4.78, 5) is 28.7. The minimum Gasteiger partial charge on any atom is -0.451 e. The summed E-state index contributed by atoms with van der Waals surface area (Å²) in [6.45, 7) is 0.109. The van der Waals surface area contributed by atoms with Crippen LogP contribution < -0.4 is 5.62 Å². The first-order chi connectivity index (χ1) is 11.1. The van der Waals surface area contributed by atoms with Crippen LogP contribution in [0.1, 0.15) is 9.67 Å². The molecule has 0 aliphatic carbocycles. The second kappa shape index (κ2) is 6.21. The van der Waals surface area contributed by atoms with Gasteiger partial charge in [-0.1, -0.05) is 18.2 Å². The fraction of sp³-hybridized carbons (Fsp3) is 0.188. The summed E-state index contributed by atoms with van der Waals surface area (Å²) >= 11 is 1.39. The van der Waals surface area contributed by atoms with E-state index >= 15 is 0 Å². The Bertz CT molecular complexity index is 935. The van der Waals surface area contributed by atoms with Crippen molar-refractivity contribution in [3.8, 4) is 0 Å². The lowest BCUT2D eigenvalue weighted by atomic mass is 10.3. The highest BCUT2D eigenvalue weighted by Gasteiger charge is 2.15. The minimum atomic E-state index is -0.701. The maximum atomic E-state index is 12.5. The number of rotatable bonds is 3. The summed E-state index contributed by atoms with van der Waals surface area (Å²) in [6, 6.07) is 11.2. The number of hydrogen-bond donors (Lipinski definition) is 0. The minimum absolute atomic E-state index is 0.0253. The summed E-state index contributed by atoms with van der Waals surface area (Å²) in [7, 11) is 3.08. The van der Waals surface area contributed by atoms with Gasteiger partial charge < -0.3 is 13.9 Å². The number of carbonyl (C=O) groups is 2. The van der Waals surface area contributed by atoms with E-state index in [1.165, 1.54) is 18.4 Å². The van der Waals surface area contributed by atoms with Crippen molar-refractivity contribution >= 4 is 34.2 Å². The second-order valence-electron chi connectivity index (χ2n) is 4.92. The van der Waals surface area contributed by atoms with E-state index in [1.807, 2.05) is 35.7 Å². The molecule has 2 aromatic heterocycles. The highest BCUT2D eigenvalue weighted by atomic mass is 32.1. The van der Waals surface area contributed by atoms with Crippen LogP contribution in [0.25, 0.3) is 11.0 Å². The maximum Gasteiger partial charge on any atom is 0.436 e. The van der Waals surface area contributed by atoms with Gasteiger partial charge >= 0.3 is 6.09 Å². The van der Waals surface area contributed by atoms with Crippen LogP contribution in [0.15, 0.2) is 46.8 Å². The molecule has 0 aliphatic rings. The number of nitrogens with zero attached hydrogens (tertiary/aromatic N) is 3. The number of aryl methyl sites for hydroxylation is 1. The fourth-order valence-electron chi connectivity index (χ4n) is 2.45. The molecule has 7 heteroatoms. The molecule has 0 N–H and O–H groups in total. The van der Waals surface area contributed by atoms with E-state index in [2.05, 4.69) is 9.73 Å². The lowest BCUT2D eigenvalue weighted by molar-refractivity contribution is 0.0975. The van der Waals surface area contributed by atoms with E-state index in [4.69, 9.17) is 0 Å². The fourth-order valence-corrected chi connectivity index (χ4v) is 3.11. The van der Waals surface area contributed by atoms with Gasteiger partial charge in [-0.3, -0.25) is 4.79 Å². The number of para-hydroxylation sites is 2. The zero-order valence-corrected chi connectivity index (χ0v) is 13.5. The van der Waals surface area contributed by atoms with Gasteiger partial charge in [0, 0.05) is 7.05 Å². The van der Waals surface area contributed by atoms with Crippen molar-refractivity contribution in [3.05, 3.63) is 52.3 Å². The van der Waals surface area contributed by atoms with Gasteiger partial charge in [-0.25, -0.2) is 4.79 Å². The molecule has 2 heterocycles. The van der Waals surface area contributed by atoms with Crippen LogP contribution in [-0.2, 0) is 18.3 Å². The second-order valence-corrected chi connectivity index (χ2v) is 5.86. The van der Waals surface area contributed by atoms with E-state index in [1.54, 1.807) is 22.2 Å². The predicted molar refractivity (Wildman–Crippen MR) is 87.5 cm³/mol. The van der Waals surface area contributed by atoms with Crippen molar-refractivity contribution in [2.24, 2.45) is 12.0 Å². The Kier molecular flexibility index (Phi) is 4.12. The summed E-state index contributed by atoms with van der Waals surface area (Å²) in [5.74, 6) is -0.0253. The molecule has 0 spiro atoms. The number of ether oxygens (including phenoxy) is 1. The van der Waals surface area contributed by atoms with Gasteiger partial charge in [0.1, 0.15) is 0 Å². The number of benzene rings is 1. The molecular weight excluding hydrogens is 314 g/mol. The smallest absolute Gasteiger partial charge is 0.436 e. The lowest BCUT2D eigenvalue weighted by Crippen LogP contribution is -2.28. The number of thiophene rings is 1. The van der Waals surface area contributed by atoms with Crippen molar-refractivity contribution in [1.29, 1.82) is 0 Å².